The molecule has 0 aliphatic carbocycles. The van der Waals surface area contributed by atoms with E-state index in [2.05, 4.69) is 21.2 Å². The van der Waals surface area contributed by atoms with Crippen LogP contribution in [-0.4, -0.2) is 23.6 Å². The van der Waals surface area contributed by atoms with Crippen molar-refractivity contribution >= 4 is 33.5 Å². The van der Waals surface area contributed by atoms with Gasteiger partial charge in [-0.1, -0.05) is 22.9 Å². The minimum Gasteiger partial charge on any atom is -0.491 e. The van der Waals surface area contributed by atoms with E-state index in [9.17, 15) is 9.59 Å². The minimum atomic E-state index is -1.06. The average molecular weight is 378 g/mol. The highest BCUT2D eigenvalue weighted by atomic mass is 79.9. The summed E-state index contributed by atoms with van der Waals surface area (Å²) in [5, 5.41) is 11.8. The highest BCUT2D eigenvalue weighted by Gasteiger charge is 2.13. The topological polar surface area (TPSA) is 75.6 Å². The summed E-state index contributed by atoms with van der Waals surface area (Å²) in [6.07, 6.45) is 0.806. The molecule has 0 aliphatic rings. The third-order valence-corrected chi connectivity index (χ3v) is 3.57. The third kappa shape index (κ3) is 4.56. The van der Waals surface area contributed by atoms with Crippen LogP contribution in [0.25, 0.3) is 0 Å². The van der Waals surface area contributed by atoms with Crippen molar-refractivity contribution in [2.75, 3.05) is 11.9 Å². The Balaban J connectivity index is 2.27. The first-order valence-corrected chi connectivity index (χ1v) is 7.87. The molecule has 0 fully saturated rings. The Kier molecular flexibility index (Phi) is 5.76. The Hall–Kier alpha value is -2.34. The fraction of sp³-hybridized carbons (Fsp3) is 0.176. The predicted octanol–water partition coefficient (Wildman–Crippen LogP) is 4.19. The van der Waals surface area contributed by atoms with Crippen LogP contribution in [0.15, 0.2) is 46.9 Å². The number of benzene rings is 2. The molecule has 23 heavy (non-hydrogen) atoms. The van der Waals surface area contributed by atoms with Gasteiger partial charge in [-0.3, -0.25) is 4.79 Å². The molecular weight excluding hydrogens is 362 g/mol. The van der Waals surface area contributed by atoms with Gasteiger partial charge in [0, 0.05) is 10.0 Å². The number of hydrogen-bond donors (Lipinski definition) is 2. The molecule has 0 aliphatic heterocycles. The first kappa shape index (κ1) is 17.0. The average Bonchev–Trinajstić information content (AvgIpc) is 2.54. The largest absolute Gasteiger partial charge is 0.491 e. The van der Waals surface area contributed by atoms with Crippen molar-refractivity contribution in [3.05, 3.63) is 58.1 Å². The van der Waals surface area contributed by atoms with Crippen LogP contribution in [0, 0.1) is 0 Å². The fourth-order valence-corrected chi connectivity index (χ4v) is 2.16. The molecule has 0 unspecified atom stereocenters. The second kappa shape index (κ2) is 7.78. The van der Waals surface area contributed by atoms with Crippen molar-refractivity contribution < 1.29 is 19.4 Å². The number of carbonyl (C=O) groups is 2. The monoisotopic (exact) mass is 377 g/mol. The molecule has 5 nitrogen and oxygen atoms in total. The van der Waals surface area contributed by atoms with Gasteiger partial charge >= 0.3 is 5.97 Å². The van der Waals surface area contributed by atoms with Crippen LogP contribution in [0.4, 0.5) is 5.69 Å². The lowest BCUT2D eigenvalue weighted by Gasteiger charge is -2.13. The summed E-state index contributed by atoms with van der Waals surface area (Å²) in [6, 6.07) is 11.3. The molecule has 1 amide bonds. The summed E-state index contributed by atoms with van der Waals surface area (Å²) in [4.78, 5) is 23.4. The van der Waals surface area contributed by atoms with Crippen molar-refractivity contribution in [1.82, 2.24) is 0 Å². The Bertz CT molecular complexity index is 713. The number of anilines is 1. The standard InChI is InChI=1S/C17H16BrNO4/c1-2-9-23-15-8-5-12(17(21)22)10-14(15)19-16(20)11-3-6-13(18)7-4-11/h3-8,10H,2,9H2,1H3,(H,19,20)(H,21,22). The van der Waals surface area contributed by atoms with Crippen molar-refractivity contribution in [1.29, 1.82) is 0 Å². The molecular formula is C17H16BrNO4. The van der Waals surface area contributed by atoms with Crippen LogP contribution < -0.4 is 10.1 Å². The maximum absolute atomic E-state index is 12.3. The van der Waals surface area contributed by atoms with E-state index in [1.165, 1.54) is 12.1 Å². The zero-order valence-corrected chi connectivity index (χ0v) is 14.1. The first-order chi connectivity index (χ1) is 11.0. The van der Waals surface area contributed by atoms with Gasteiger partial charge in [0.2, 0.25) is 0 Å². The summed E-state index contributed by atoms with van der Waals surface area (Å²) in [6.45, 7) is 2.44. The van der Waals surface area contributed by atoms with Crippen LogP contribution in [0.5, 0.6) is 5.75 Å². The second-order valence-corrected chi connectivity index (χ2v) is 5.74. The zero-order chi connectivity index (χ0) is 16.8. The van der Waals surface area contributed by atoms with Crippen molar-refractivity contribution in [3.8, 4) is 5.75 Å². The van der Waals surface area contributed by atoms with Gasteiger partial charge in [-0.2, -0.15) is 0 Å². The number of halogens is 1. The summed E-state index contributed by atoms with van der Waals surface area (Å²) in [5.74, 6) is -0.949. The molecule has 2 rings (SSSR count). The Labute approximate surface area is 142 Å². The number of amides is 1. The lowest BCUT2D eigenvalue weighted by molar-refractivity contribution is 0.0696. The molecule has 6 heteroatoms. The Morgan fingerprint density at radius 2 is 1.78 bits per heavy atom. The molecule has 0 aromatic heterocycles. The quantitative estimate of drug-likeness (QED) is 0.791. The van der Waals surface area contributed by atoms with Gasteiger partial charge in [-0.05, 0) is 48.9 Å². The number of nitrogens with one attached hydrogen (secondary N) is 1. The number of hydrogen-bond acceptors (Lipinski definition) is 3. The molecule has 0 radical (unpaired) electrons. The van der Waals surface area contributed by atoms with E-state index >= 15 is 0 Å². The van der Waals surface area contributed by atoms with Gasteiger partial charge < -0.3 is 15.2 Å². The number of aromatic carboxylic acids is 1. The smallest absolute Gasteiger partial charge is 0.335 e. The number of carboxylic acids is 1. The van der Waals surface area contributed by atoms with E-state index in [-0.39, 0.29) is 11.5 Å². The molecule has 0 atom stereocenters. The summed E-state index contributed by atoms with van der Waals surface area (Å²) >= 11 is 3.31. The van der Waals surface area contributed by atoms with Crippen LogP contribution in [0.3, 0.4) is 0 Å². The summed E-state index contributed by atoms with van der Waals surface area (Å²) in [5.41, 5.74) is 0.890. The van der Waals surface area contributed by atoms with Gasteiger partial charge in [0.1, 0.15) is 5.75 Å². The SMILES string of the molecule is CCCOc1ccc(C(=O)O)cc1NC(=O)c1ccc(Br)cc1. The van der Waals surface area contributed by atoms with Gasteiger partial charge in [0.25, 0.3) is 5.91 Å². The maximum atomic E-state index is 12.3. The first-order valence-electron chi connectivity index (χ1n) is 7.08. The van der Waals surface area contributed by atoms with Crippen LogP contribution >= 0.6 is 15.9 Å². The lowest BCUT2D eigenvalue weighted by atomic mass is 10.1. The number of ether oxygens (including phenoxy) is 1. The number of rotatable bonds is 6. The third-order valence-electron chi connectivity index (χ3n) is 3.04. The van der Waals surface area contributed by atoms with E-state index in [1.807, 2.05) is 6.92 Å². The van der Waals surface area contributed by atoms with Crippen LogP contribution in [0.1, 0.15) is 34.1 Å². The van der Waals surface area contributed by atoms with Crippen molar-refractivity contribution in [2.45, 2.75) is 13.3 Å². The molecule has 2 N–H and O–H groups in total. The molecule has 2 aromatic carbocycles. The van der Waals surface area contributed by atoms with E-state index in [1.54, 1.807) is 30.3 Å². The predicted molar refractivity (Wildman–Crippen MR) is 91.3 cm³/mol. The molecule has 0 heterocycles. The van der Waals surface area contributed by atoms with Gasteiger partial charge in [0.15, 0.2) is 0 Å². The molecule has 2 aromatic rings. The zero-order valence-electron chi connectivity index (χ0n) is 12.5. The number of carbonyl (C=O) groups excluding carboxylic acids is 1. The van der Waals surface area contributed by atoms with Gasteiger partial charge in [0.05, 0.1) is 17.9 Å². The molecule has 120 valence electrons. The Morgan fingerprint density at radius 3 is 2.39 bits per heavy atom. The van der Waals surface area contributed by atoms with Crippen LogP contribution in [0.2, 0.25) is 0 Å². The highest BCUT2D eigenvalue weighted by Crippen LogP contribution is 2.27. The van der Waals surface area contributed by atoms with E-state index in [0.29, 0.717) is 23.6 Å². The second-order valence-electron chi connectivity index (χ2n) is 4.83. The Morgan fingerprint density at radius 1 is 1.13 bits per heavy atom. The fourth-order valence-electron chi connectivity index (χ4n) is 1.89. The molecule has 0 saturated heterocycles. The molecule has 0 bridgehead atoms. The van der Waals surface area contributed by atoms with E-state index in [0.717, 1.165) is 10.9 Å². The molecule has 0 spiro atoms. The minimum absolute atomic E-state index is 0.0833. The van der Waals surface area contributed by atoms with Crippen LogP contribution in [-0.2, 0) is 0 Å². The highest BCUT2D eigenvalue weighted by molar-refractivity contribution is 9.10. The maximum Gasteiger partial charge on any atom is 0.335 e. The lowest BCUT2D eigenvalue weighted by Crippen LogP contribution is -2.13. The van der Waals surface area contributed by atoms with Gasteiger partial charge in [-0.25, -0.2) is 4.79 Å². The molecule has 0 saturated carbocycles. The number of carboxylic acid groups (broad SMARTS) is 1. The van der Waals surface area contributed by atoms with Crippen molar-refractivity contribution in [3.63, 3.8) is 0 Å². The van der Waals surface area contributed by atoms with E-state index < -0.39 is 5.97 Å². The summed E-state index contributed by atoms with van der Waals surface area (Å²) < 4.78 is 6.43. The summed E-state index contributed by atoms with van der Waals surface area (Å²) in [7, 11) is 0. The van der Waals surface area contributed by atoms with Crippen molar-refractivity contribution in [2.24, 2.45) is 0 Å². The van der Waals surface area contributed by atoms with Gasteiger partial charge in [-0.15, -0.1) is 0 Å². The van der Waals surface area contributed by atoms with E-state index in [4.69, 9.17) is 9.84 Å². The normalized spacial score (nSPS) is 10.2.